The first-order valence-electron chi connectivity index (χ1n) is 12.4. The maximum atomic E-state index is 13.8. The van der Waals surface area contributed by atoms with E-state index in [2.05, 4.69) is 40.5 Å². The van der Waals surface area contributed by atoms with Crippen LogP contribution in [0.4, 0.5) is 0 Å². The number of methoxy groups -OCH3 is 1. The van der Waals surface area contributed by atoms with Gasteiger partial charge in [0.25, 0.3) is 5.91 Å². The number of hydrogen-bond acceptors (Lipinski definition) is 3. The molecule has 1 heterocycles. The maximum Gasteiger partial charge on any atom is 0.261 e. The van der Waals surface area contributed by atoms with E-state index in [1.807, 2.05) is 60.7 Å². The summed E-state index contributed by atoms with van der Waals surface area (Å²) in [6, 6.07) is 30.4. The third-order valence-corrected chi connectivity index (χ3v) is 7.84. The van der Waals surface area contributed by atoms with Crippen molar-refractivity contribution in [3.63, 3.8) is 0 Å². The molecule has 2 unspecified atom stereocenters. The van der Waals surface area contributed by atoms with Gasteiger partial charge in [-0.25, -0.2) is 0 Å². The van der Waals surface area contributed by atoms with Gasteiger partial charge in [0.05, 0.1) is 0 Å². The van der Waals surface area contributed by atoms with Crippen molar-refractivity contribution in [1.82, 2.24) is 10.2 Å². The van der Waals surface area contributed by atoms with E-state index in [-0.39, 0.29) is 5.91 Å². The Morgan fingerprint density at radius 2 is 1.35 bits per heavy atom. The van der Waals surface area contributed by atoms with Crippen LogP contribution < -0.4 is 5.32 Å². The van der Waals surface area contributed by atoms with Crippen molar-refractivity contribution in [1.29, 1.82) is 0 Å². The van der Waals surface area contributed by atoms with E-state index >= 15 is 0 Å². The number of benzene rings is 3. The number of amides is 1. The first-order chi connectivity index (χ1) is 16.7. The Hall–Kier alpha value is -2.95. The number of carbonyl (C=O) groups is 1. The van der Waals surface area contributed by atoms with Crippen molar-refractivity contribution in [2.75, 3.05) is 26.7 Å². The molecule has 2 atom stereocenters. The number of piperidine rings is 1. The first-order valence-corrected chi connectivity index (χ1v) is 12.4. The van der Waals surface area contributed by atoms with Gasteiger partial charge < -0.3 is 10.1 Å². The zero-order chi connectivity index (χ0) is 23.4. The molecule has 0 aromatic heterocycles. The molecule has 3 aromatic carbocycles. The highest BCUT2D eigenvalue weighted by atomic mass is 16.5. The van der Waals surface area contributed by atoms with E-state index in [4.69, 9.17) is 4.74 Å². The second-order valence-electron chi connectivity index (χ2n) is 9.77. The molecule has 1 aliphatic carbocycles. The lowest BCUT2D eigenvalue weighted by Gasteiger charge is -2.39. The molecule has 1 saturated heterocycles. The largest absolute Gasteiger partial charge is 0.359 e. The summed E-state index contributed by atoms with van der Waals surface area (Å²) < 4.78 is 6.04. The molecule has 4 heteroatoms. The van der Waals surface area contributed by atoms with Crippen LogP contribution in [0.2, 0.25) is 0 Å². The fourth-order valence-corrected chi connectivity index (χ4v) is 6.17. The second-order valence-corrected chi connectivity index (χ2v) is 9.77. The van der Waals surface area contributed by atoms with Gasteiger partial charge in [-0.1, -0.05) is 91.0 Å². The Morgan fingerprint density at radius 3 is 1.85 bits per heavy atom. The second kappa shape index (κ2) is 10.1. The smallest absolute Gasteiger partial charge is 0.261 e. The summed E-state index contributed by atoms with van der Waals surface area (Å²) in [7, 11) is 1.63. The summed E-state index contributed by atoms with van der Waals surface area (Å²) >= 11 is 0. The number of rotatable bonds is 8. The van der Waals surface area contributed by atoms with Gasteiger partial charge in [-0.05, 0) is 47.3 Å². The Bertz CT molecular complexity index is 1020. The molecule has 0 radical (unpaired) electrons. The third-order valence-electron chi connectivity index (χ3n) is 7.84. The Balaban J connectivity index is 1.30. The van der Waals surface area contributed by atoms with Crippen LogP contribution in [-0.4, -0.2) is 37.6 Å². The molecular weight excluding hydrogens is 420 g/mol. The van der Waals surface area contributed by atoms with E-state index < -0.39 is 5.60 Å². The first kappa shape index (κ1) is 22.8. The van der Waals surface area contributed by atoms with Gasteiger partial charge in [0.2, 0.25) is 0 Å². The molecule has 4 nitrogen and oxygen atoms in total. The van der Waals surface area contributed by atoms with E-state index in [9.17, 15) is 4.79 Å². The number of nitrogens with one attached hydrogen (secondary N) is 1. The zero-order valence-corrected chi connectivity index (χ0v) is 19.9. The van der Waals surface area contributed by atoms with Gasteiger partial charge >= 0.3 is 0 Å². The van der Waals surface area contributed by atoms with Crippen LogP contribution >= 0.6 is 0 Å². The predicted molar refractivity (Wildman–Crippen MR) is 135 cm³/mol. The van der Waals surface area contributed by atoms with Crippen molar-refractivity contribution in [3.05, 3.63) is 108 Å². The summed E-state index contributed by atoms with van der Waals surface area (Å²) in [5, 5.41) is 3.32. The molecule has 1 saturated carbocycles. The SMILES string of the molecule is COC(C(=O)NCC1C2CCC1CN(Cc1ccccc1)C2)(c1ccccc1)c1ccccc1. The van der Waals surface area contributed by atoms with E-state index in [1.165, 1.54) is 18.4 Å². The van der Waals surface area contributed by atoms with Crippen molar-refractivity contribution < 1.29 is 9.53 Å². The van der Waals surface area contributed by atoms with Crippen LogP contribution in [0.3, 0.4) is 0 Å². The van der Waals surface area contributed by atoms with Crippen molar-refractivity contribution in [2.45, 2.75) is 25.0 Å². The highest BCUT2D eigenvalue weighted by Gasteiger charge is 2.45. The molecular formula is C30H34N2O2. The highest BCUT2D eigenvalue weighted by molar-refractivity contribution is 5.90. The molecule has 34 heavy (non-hydrogen) atoms. The van der Waals surface area contributed by atoms with Crippen molar-refractivity contribution >= 4 is 5.91 Å². The number of fused-ring (bicyclic) bond motifs is 2. The van der Waals surface area contributed by atoms with Crippen LogP contribution in [0.1, 0.15) is 29.5 Å². The Labute approximate surface area is 202 Å². The van der Waals surface area contributed by atoms with Crippen molar-refractivity contribution in [3.8, 4) is 0 Å². The summed E-state index contributed by atoms with van der Waals surface area (Å²) in [6.07, 6.45) is 2.51. The molecule has 1 N–H and O–H groups in total. The fraction of sp³-hybridized carbons (Fsp3) is 0.367. The molecule has 5 rings (SSSR count). The minimum atomic E-state index is -1.16. The number of carbonyl (C=O) groups excluding carboxylic acids is 1. The van der Waals surface area contributed by atoms with E-state index in [1.54, 1.807) is 7.11 Å². The monoisotopic (exact) mass is 454 g/mol. The fourth-order valence-electron chi connectivity index (χ4n) is 6.17. The third kappa shape index (κ3) is 4.40. The lowest BCUT2D eigenvalue weighted by atomic mass is 9.83. The van der Waals surface area contributed by atoms with Gasteiger partial charge in [-0.2, -0.15) is 0 Å². The van der Waals surface area contributed by atoms with E-state index in [0.29, 0.717) is 24.3 Å². The molecule has 1 amide bonds. The molecule has 3 aromatic rings. The molecule has 2 aliphatic rings. The maximum absolute atomic E-state index is 13.8. The minimum absolute atomic E-state index is 0.0847. The summed E-state index contributed by atoms with van der Waals surface area (Å²) in [4.78, 5) is 16.4. The van der Waals surface area contributed by atoms with Gasteiger partial charge in [-0.15, -0.1) is 0 Å². The van der Waals surface area contributed by atoms with Crippen LogP contribution in [-0.2, 0) is 21.7 Å². The van der Waals surface area contributed by atoms with Gasteiger partial charge in [0.15, 0.2) is 5.60 Å². The highest BCUT2D eigenvalue weighted by Crippen LogP contribution is 2.42. The van der Waals surface area contributed by atoms with Gasteiger partial charge in [0, 0.05) is 33.3 Å². The number of nitrogens with zero attached hydrogens (tertiary/aromatic N) is 1. The van der Waals surface area contributed by atoms with Gasteiger partial charge in [0.1, 0.15) is 0 Å². The van der Waals surface area contributed by atoms with Gasteiger partial charge in [-0.3, -0.25) is 9.69 Å². The number of likely N-dealkylation sites (tertiary alicyclic amines) is 1. The summed E-state index contributed by atoms with van der Waals surface area (Å²) in [5.41, 5.74) is 1.92. The summed E-state index contributed by atoms with van der Waals surface area (Å²) in [5.74, 6) is 1.71. The lowest BCUT2D eigenvalue weighted by molar-refractivity contribution is -0.140. The zero-order valence-electron chi connectivity index (χ0n) is 19.9. The number of ether oxygens (including phenoxy) is 1. The normalized spacial score (nSPS) is 22.4. The average molecular weight is 455 g/mol. The predicted octanol–water partition coefficient (Wildman–Crippen LogP) is 4.85. The molecule has 0 spiro atoms. The standard InChI is InChI=1S/C30H34N2O2/c1-34-30(26-13-7-3-8-14-26,27-15-9-4-10-16-27)29(33)31-19-28-24-17-18-25(28)22-32(21-24)20-23-11-5-2-6-12-23/h2-16,24-25,28H,17-22H2,1H3,(H,31,33). The topological polar surface area (TPSA) is 41.6 Å². The molecule has 1 aliphatic heterocycles. The van der Waals surface area contributed by atoms with Crippen LogP contribution in [0, 0.1) is 17.8 Å². The minimum Gasteiger partial charge on any atom is -0.359 e. The molecule has 2 fully saturated rings. The van der Waals surface area contributed by atoms with Crippen molar-refractivity contribution in [2.24, 2.45) is 17.8 Å². The van der Waals surface area contributed by atoms with Crippen LogP contribution in [0.25, 0.3) is 0 Å². The van der Waals surface area contributed by atoms with Crippen LogP contribution in [0.5, 0.6) is 0 Å². The Kier molecular flexibility index (Phi) is 6.80. The number of hydrogen-bond donors (Lipinski definition) is 1. The lowest BCUT2D eigenvalue weighted by Crippen LogP contribution is -2.51. The van der Waals surface area contributed by atoms with Crippen LogP contribution in [0.15, 0.2) is 91.0 Å². The molecule has 176 valence electrons. The molecule has 2 bridgehead atoms. The average Bonchev–Trinajstić information content (AvgIpc) is 3.13. The van der Waals surface area contributed by atoms with E-state index in [0.717, 1.165) is 30.8 Å². The quantitative estimate of drug-likeness (QED) is 0.529. The Morgan fingerprint density at radius 1 is 0.853 bits per heavy atom. The summed E-state index contributed by atoms with van der Waals surface area (Å²) in [6.45, 7) is 3.94.